The Kier molecular flexibility index (Phi) is 2.80. The first-order valence-corrected chi connectivity index (χ1v) is 6.06. The molecule has 3 heteroatoms. The molecule has 0 aliphatic carbocycles. The Morgan fingerprint density at radius 1 is 1.11 bits per heavy atom. The highest BCUT2D eigenvalue weighted by Crippen LogP contribution is 2.17. The Labute approximate surface area is 111 Å². The predicted octanol–water partition coefficient (Wildman–Crippen LogP) is 3.17. The van der Waals surface area contributed by atoms with E-state index in [4.69, 9.17) is 0 Å². The summed E-state index contributed by atoms with van der Waals surface area (Å²) in [7, 11) is 0. The van der Waals surface area contributed by atoms with E-state index in [1.54, 1.807) is 24.7 Å². The molecule has 2 aromatic heterocycles. The van der Waals surface area contributed by atoms with Crippen LogP contribution in [0.5, 0.6) is 0 Å². The number of ketones is 1. The number of rotatable bonds is 2. The predicted molar refractivity (Wildman–Crippen MR) is 74.1 cm³/mol. The zero-order valence-corrected chi connectivity index (χ0v) is 10.5. The van der Waals surface area contributed by atoms with Gasteiger partial charge in [-0.25, -0.2) is 0 Å². The fourth-order valence-corrected chi connectivity index (χ4v) is 2.09. The molecule has 0 aliphatic heterocycles. The number of hydrogen-bond donors (Lipinski definition) is 0. The quantitative estimate of drug-likeness (QED) is 0.654. The van der Waals surface area contributed by atoms with Gasteiger partial charge in [0, 0.05) is 35.1 Å². The van der Waals surface area contributed by atoms with Gasteiger partial charge < -0.3 is 0 Å². The highest BCUT2D eigenvalue weighted by Gasteiger charge is 2.12. The van der Waals surface area contributed by atoms with E-state index < -0.39 is 0 Å². The van der Waals surface area contributed by atoms with Crippen LogP contribution in [-0.2, 0) is 0 Å². The van der Waals surface area contributed by atoms with Crippen molar-refractivity contribution in [2.45, 2.75) is 6.92 Å². The van der Waals surface area contributed by atoms with Crippen LogP contribution in [0.2, 0.25) is 0 Å². The van der Waals surface area contributed by atoms with Crippen LogP contribution in [0.25, 0.3) is 10.9 Å². The summed E-state index contributed by atoms with van der Waals surface area (Å²) < 4.78 is 0. The lowest BCUT2D eigenvalue weighted by Crippen LogP contribution is -2.04. The van der Waals surface area contributed by atoms with Gasteiger partial charge in [-0.15, -0.1) is 0 Å². The molecule has 3 aromatic rings. The molecule has 0 spiro atoms. The van der Waals surface area contributed by atoms with Crippen LogP contribution in [0.15, 0.2) is 55.0 Å². The zero-order valence-electron chi connectivity index (χ0n) is 10.5. The van der Waals surface area contributed by atoms with Gasteiger partial charge in [-0.05, 0) is 30.7 Å². The van der Waals surface area contributed by atoms with Gasteiger partial charge in [-0.1, -0.05) is 18.2 Å². The van der Waals surface area contributed by atoms with Crippen LogP contribution >= 0.6 is 0 Å². The summed E-state index contributed by atoms with van der Waals surface area (Å²) in [5, 5.41) is 1.03. The SMILES string of the molecule is Cc1cnccc1C(=O)c1ccc2cccnc2c1. The lowest BCUT2D eigenvalue weighted by Gasteiger charge is -2.05. The second kappa shape index (κ2) is 4.61. The largest absolute Gasteiger partial charge is 0.289 e. The number of benzene rings is 1. The molecule has 3 rings (SSSR count). The Balaban J connectivity index is 2.09. The van der Waals surface area contributed by atoms with Gasteiger partial charge in [0.2, 0.25) is 0 Å². The van der Waals surface area contributed by atoms with Gasteiger partial charge in [-0.3, -0.25) is 14.8 Å². The third kappa shape index (κ3) is 2.10. The van der Waals surface area contributed by atoms with Crippen molar-refractivity contribution in [1.82, 2.24) is 9.97 Å². The molecule has 0 unspecified atom stereocenters. The van der Waals surface area contributed by atoms with Gasteiger partial charge in [-0.2, -0.15) is 0 Å². The molecule has 0 aliphatic rings. The summed E-state index contributed by atoms with van der Waals surface area (Å²) in [6.07, 6.45) is 5.07. The second-order valence-electron chi connectivity index (χ2n) is 4.43. The minimum atomic E-state index is 0.00690. The highest BCUT2D eigenvalue weighted by atomic mass is 16.1. The zero-order chi connectivity index (χ0) is 13.2. The highest BCUT2D eigenvalue weighted by molar-refractivity contribution is 6.11. The third-order valence-electron chi connectivity index (χ3n) is 3.13. The number of nitrogens with zero attached hydrogens (tertiary/aromatic N) is 2. The maximum absolute atomic E-state index is 12.5. The number of aryl methyl sites for hydroxylation is 1. The van der Waals surface area contributed by atoms with E-state index in [9.17, 15) is 4.79 Å². The minimum absolute atomic E-state index is 0.00690. The number of carbonyl (C=O) groups is 1. The van der Waals surface area contributed by atoms with Crippen molar-refractivity contribution < 1.29 is 4.79 Å². The molecule has 0 saturated carbocycles. The Morgan fingerprint density at radius 3 is 2.84 bits per heavy atom. The van der Waals surface area contributed by atoms with Crippen LogP contribution in [0.4, 0.5) is 0 Å². The summed E-state index contributed by atoms with van der Waals surface area (Å²) in [6.45, 7) is 1.89. The summed E-state index contributed by atoms with van der Waals surface area (Å²) in [6, 6.07) is 11.2. The smallest absolute Gasteiger partial charge is 0.193 e. The standard InChI is InChI=1S/C16H12N2O/c1-11-10-17-8-6-14(11)16(19)13-5-4-12-3-2-7-18-15(12)9-13/h2-10H,1H3. The fraction of sp³-hybridized carbons (Fsp3) is 0.0625. The third-order valence-corrected chi connectivity index (χ3v) is 3.13. The molecule has 92 valence electrons. The van der Waals surface area contributed by atoms with Crippen LogP contribution in [0.3, 0.4) is 0 Å². The second-order valence-corrected chi connectivity index (χ2v) is 4.43. The summed E-state index contributed by atoms with van der Waals surface area (Å²) in [4.78, 5) is 20.7. The van der Waals surface area contributed by atoms with Crippen LogP contribution < -0.4 is 0 Å². The Hall–Kier alpha value is -2.55. The first-order valence-electron chi connectivity index (χ1n) is 6.06. The molecule has 1 aromatic carbocycles. The van der Waals surface area contributed by atoms with E-state index in [-0.39, 0.29) is 5.78 Å². The molecule has 3 nitrogen and oxygen atoms in total. The van der Waals surface area contributed by atoms with Crippen molar-refractivity contribution in [1.29, 1.82) is 0 Å². The Morgan fingerprint density at radius 2 is 2.00 bits per heavy atom. The monoisotopic (exact) mass is 248 g/mol. The maximum Gasteiger partial charge on any atom is 0.193 e. The van der Waals surface area contributed by atoms with Gasteiger partial charge in [0.05, 0.1) is 5.52 Å². The molecule has 0 radical (unpaired) electrons. The normalized spacial score (nSPS) is 10.6. The van der Waals surface area contributed by atoms with Gasteiger partial charge in [0.25, 0.3) is 0 Å². The van der Waals surface area contributed by atoms with Crippen molar-refractivity contribution >= 4 is 16.7 Å². The fourth-order valence-electron chi connectivity index (χ4n) is 2.09. The van der Waals surface area contributed by atoms with Crippen molar-refractivity contribution in [2.75, 3.05) is 0 Å². The van der Waals surface area contributed by atoms with E-state index in [0.29, 0.717) is 11.1 Å². The molecule has 0 N–H and O–H groups in total. The molecule has 0 atom stereocenters. The summed E-state index contributed by atoms with van der Waals surface area (Å²) in [5.41, 5.74) is 3.06. The van der Waals surface area contributed by atoms with Crippen molar-refractivity contribution in [3.8, 4) is 0 Å². The van der Waals surface area contributed by atoms with Crippen molar-refractivity contribution in [3.63, 3.8) is 0 Å². The topological polar surface area (TPSA) is 42.9 Å². The molecule has 0 fully saturated rings. The maximum atomic E-state index is 12.5. The van der Waals surface area contributed by atoms with E-state index in [1.807, 2.05) is 37.3 Å². The van der Waals surface area contributed by atoms with Crippen LogP contribution in [-0.4, -0.2) is 15.8 Å². The first kappa shape index (κ1) is 11.5. The van der Waals surface area contributed by atoms with E-state index in [2.05, 4.69) is 9.97 Å². The number of hydrogen-bond acceptors (Lipinski definition) is 3. The molecule has 2 heterocycles. The molecule has 0 amide bonds. The Bertz CT molecular complexity index is 765. The van der Waals surface area contributed by atoms with Crippen LogP contribution in [0, 0.1) is 6.92 Å². The van der Waals surface area contributed by atoms with Crippen molar-refractivity contribution in [2.24, 2.45) is 0 Å². The average molecular weight is 248 g/mol. The average Bonchev–Trinajstić information content (AvgIpc) is 2.46. The first-order chi connectivity index (χ1) is 9.25. The lowest BCUT2D eigenvalue weighted by molar-refractivity contribution is 0.103. The number of pyridine rings is 2. The van der Waals surface area contributed by atoms with Crippen LogP contribution in [0.1, 0.15) is 21.5 Å². The minimum Gasteiger partial charge on any atom is -0.289 e. The molecule has 19 heavy (non-hydrogen) atoms. The summed E-state index contributed by atoms with van der Waals surface area (Å²) >= 11 is 0. The molecule has 0 bridgehead atoms. The van der Waals surface area contributed by atoms with Gasteiger partial charge in [0.15, 0.2) is 5.78 Å². The van der Waals surface area contributed by atoms with E-state index in [1.165, 1.54) is 0 Å². The molecular weight excluding hydrogens is 236 g/mol. The molecule has 0 saturated heterocycles. The van der Waals surface area contributed by atoms with Gasteiger partial charge >= 0.3 is 0 Å². The van der Waals surface area contributed by atoms with Gasteiger partial charge in [0.1, 0.15) is 0 Å². The van der Waals surface area contributed by atoms with E-state index in [0.717, 1.165) is 16.5 Å². The molecular formula is C16H12N2O. The summed E-state index contributed by atoms with van der Waals surface area (Å²) in [5.74, 6) is 0.00690. The number of fused-ring (bicyclic) bond motifs is 1. The van der Waals surface area contributed by atoms with E-state index >= 15 is 0 Å². The van der Waals surface area contributed by atoms with Crippen molar-refractivity contribution in [3.05, 3.63) is 71.7 Å². The number of carbonyl (C=O) groups excluding carboxylic acids is 1. The number of aromatic nitrogens is 2. The lowest BCUT2D eigenvalue weighted by atomic mass is 10.00.